The molecular formula is C18H24N2O5. The maximum Gasteiger partial charge on any atom is 0.292 e. The first kappa shape index (κ1) is 17.4. The molecule has 1 amide bonds. The van der Waals surface area contributed by atoms with Crippen molar-refractivity contribution >= 4 is 5.91 Å². The first-order chi connectivity index (χ1) is 12.2. The van der Waals surface area contributed by atoms with Crippen molar-refractivity contribution in [2.75, 3.05) is 53.6 Å². The Bertz CT molecular complexity index is 638. The maximum atomic E-state index is 12.4. The predicted molar refractivity (Wildman–Crippen MR) is 91.4 cm³/mol. The van der Waals surface area contributed by atoms with Crippen LogP contribution in [0.5, 0.6) is 11.5 Å². The molecule has 2 aliphatic rings. The van der Waals surface area contributed by atoms with E-state index >= 15 is 0 Å². The predicted octanol–water partition coefficient (Wildman–Crippen LogP) is 1.24. The standard InChI is InChI=1S/C18H24N2O5/c1-22-15-4-3-14(11-16(15)23-2)12-19-5-7-20(8-6-19)18(21)17-13-24-9-10-25-17/h3-4,11,13H,5-10,12H2,1-2H3. The van der Waals surface area contributed by atoms with E-state index in [-0.39, 0.29) is 5.91 Å². The highest BCUT2D eigenvalue weighted by Gasteiger charge is 2.26. The molecule has 1 aromatic rings. The smallest absolute Gasteiger partial charge is 0.292 e. The molecule has 0 N–H and O–H groups in total. The van der Waals surface area contributed by atoms with Crippen LogP contribution < -0.4 is 9.47 Å². The molecule has 0 atom stereocenters. The number of amides is 1. The van der Waals surface area contributed by atoms with Crippen molar-refractivity contribution in [3.63, 3.8) is 0 Å². The first-order valence-electron chi connectivity index (χ1n) is 8.38. The van der Waals surface area contributed by atoms with Crippen LogP contribution in [0.3, 0.4) is 0 Å². The lowest BCUT2D eigenvalue weighted by Gasteiger charge is -2.35. The quantitative estimate of drug-likeness (QED) is 0.798. The highest BCUT2D eigenvalue weighted by atomic mass is 16.6. The fraction of sp³-hybridized carbons (Fsp3) is 0.500. The Labute approximate surface area is 147 Å². The third kappa shape index (κ3) is 4.17. The summed E-state index contributed by atoms with van der Waals surface area (Å²) in [5.74, 6) is 1.67. The lowest BCUT2D eigenvalue weighted by atomic mass is 10.1. The van der Waals surface area contributed by atoms with Gasteiger partial charge in [-0.2, -0.15) is 0 Å². The van der Waals surface area contributed by atoms with Gasteiger partial charge in [0.15, 0.2) is 11.5 Å². The number of rotatable bonds is 5. The molecule has 7 nitrogen and oxygen atoms in total. The normalized spacial score (nSPS) is 18.0. The minimum absolute atomic E-state index is 0.0922. The maximum absolute atomic E-state index is 12.4. The van der Waals surface area contributed by atoms with Crippen molar-refractivity contribution in [1.29, 1.82) is 0 Å². The topological polar surface area (TPSA) is 60.5 Å². The summed E-state index contributed by atoms with van der Waals surface area (Å²) >= 11 is 0. The Balaban J connectivity index is 1.54. The number of ether oxygens (including phenoxy) is 4. The molecule has 0 bridgehead atoms. The second-order valence-corrected chi connectivity index (χ2v) is 5.96. The molecule has 136 valence electrons. The average molecular weight is 348 g/mol. The van der Waals surface area contributed by atoms with E-state index in [1.807, 2.05) is 23.1 Å². The van der Waals surface area contributed by atoms with Gasteiger partial charge in [0.2, 0.25) is 5.76 Å². The molecule has 0 aliphatic carbocycles. The third-order valence-electron chi connectivity index (χ3n) is 4.37. The summed E-state index contributed by atoms with van der Waals surface area (Å²) in [6.07, 6.45) is 1.42. The van der Waals surface area contributed by atoms with Gasteiger partial charge >= 0.3 is 0 Å². The summed E-state index contributed by atoms with van der Waals surface area (Å²) in [5, 5.41) is 0. The van der Waals surface area contributed by atoms with Crippen LogP contribution in [0.1, 0.15) is 5.56 Å². The molecule has 0 aromatic heterocycles. The van der Waals surface area contributed by atoms with E-state index in [1.165, 1.54) is 6.26 Å². The molecule has 7 heteroatoms. The van der Waals surface area contributed by atoms with Crippen LogP contribution in [0, 0.1) is 0 Å². The average Bonchev–Trinajstić information content (AvgIpc) is 2.68. The van der Waals surface area contributed by atoms with Gasteiger partial charge in [0, 0.05) is 32.7 Å². The van der Waals surface area contributed by atoms with Crippen LogP contribution in [0.4, 0.5) is 0 Å². The number of piperazine rings is 1. The van der Waals surface area contributed by atoms with Crippen LogP contribution in [0.2, 0.25) is 0 Å². The number of hydrogen-bond donors (Lipinski definition) is 0. The van der Waals surface area contributed by atoms with Crippen molar-refractivity contribution < 1.29 is 23.7 Å². The van der Waals surface area contributed by atoms with Crippen LogP contribution in [0.25, 0.3) is 0 Å². The Morgan fingerprint density at radius 2 is 1.84 bits per heavy atom. The van der Waals surface area contributed by atoms with Gasteiger partial charge in [-0.3, -0.25) is 9.69 Å². The molecule has 25 heavy (non-hydrogen) atoms. The van der Waals surface area contributed by atoms with Crippen molar-refractivity contribution in [3.8, 4) is 11.5 Å². The van der Waals surface area contributed by atoms with Crippen molar-refractivity contribution in [2.45, 2.75) is 6.54 Å². The molecule has 3 rings (SSSR count). The summed E-state index contributed by atoms with van der Waals surface area (Å²) in [6.45, 7) is 4.71. The molecule has 0 unspecified atom stereocenters. The van der Waals surface area contributed by atoms with E-state index in [2.05, 4.69) is 4.90 Å². The molecule has 1 aromatic carbocycles. The summed E-state index contributed by atoms with van der Waals surface area (Å²) in [5.41, 5.74) is 1.16. The zero-order valence-corrected chi connectivity index (χ0v) is 14.7. The minimum atomic E-state index is -0.0922. The Morgan fingerprint density at radius 3 is 2.48 bits per heavy atom. The van der Waals surface area contributed by atoms with Gasteiger partial charge < -0.3 is 23.8 Å². The van der Waals surface area contributed by atoms with Gasteiger partial charge in [0.1, 0.15) is 19.5 Å². The van der Waals surface area contributed by atoms with Gasteiger partial charge in [-0.1, -0.05) is 6.07 Å². The minimum Gasteiger partial charge on any atom is -0.494 e. The van der Waals surface area contributed by atoms with Gasteiger partial charge in [-0.15, -0.1) is 0 Å². The molecule has 0 spiro atoms. The van der Waals surface area contributed by atoms with Gasteiger partial charge in [0.25, 0.3) is 5.91 Å². The third-order valence-corrected chi connectivity index (χ3v) is 4.37. The van der Waals surface area contributed by atoms with Crippen LogP contribution in [-0.4, -0.2) is 69.3 Å². The number of carbonyl (C=O) groups is 1. The molecule has 1 saturated heterocycles. The Kier molecular flexibility index (Phi) is 5.65. The molecule has 0 radical (unpaired) electrons. The molecule has 0 saturated carbocycles. The molecule has 1 fully saturated rings. The summed E-state index contributed by atoms with van der Waals surface area (Å²) in [6, 6.07) is 5.95. The summed E-state index contributed by atoms with van der Waals surface area (Å²) < 4.78 is 21.2. The number of carbonyl (C=O) groups excluding carboxylic acids is 1. The van der Waals surface area contributed by atoms with E-state index in [9.17, 15) is 4.79 Å². The largest absolute Gasteiger partial charge is 0.494 e. The number of methoxy groups -OCH3 is 2. The van der Waals surface area contributed by atoms with Crippen molar-refractivity contribution in [2.24, 2.45) is 0 Å². The molecular weight excluding hydrogens is 324 g/mol. The fourth-order valence-electron chi connectivity index (χ4n) is 2.98. The van der Waals surface area contributed by atoms with Crippen LogP contribution >= 0.6 is 0 Å². The second-order valence-electron chi connectivity index (χ2n) is 5.96. The van der Waals surface area contributed by atoms with E-state index in [0.717, 1.165) is 36.7 Å². The zero-order valence-electron chi connectivity index (χ0n) is 14.7. The Morgan fingerprint density at radius 1 is 1.08 bits per heavy atom. The zero-order chi connectivity index (χ0) is 17.6. The van der Waals surface area contributed by atoms with Gasteiger partial charge in [-0.25, -0.2) is 0 Å². The van der Waals surface area contributed by atoms with Gasteiger partial charge in [0.05, 0.1) is 14.2 Å². The van der Waals surface area contributed by atoms with E-state index in [4.69, 9.17) is 18.9 Å². The highest BCUT2D eigenvalue weighted by molar-refractivity contribution is 5.91. The lowest BCUT2D eigenvalue weighted by molar-refractivity contribution is -0.134. The van der Waals surface area contributed by atoms with Crippen molar-refractivity contribution in [1.82, 2.24) is 9.80 Å². The number of hydrogen-bond acceptors (Lipinski definition) is 6. The molecule has 2 aliphatic heterocycles. The van der Waals surface area contributed by atoms with Gasteiger partial charge in [-0.05, 0) is 17.7 Å². The summed E-state index contributed by atoms with van der Waals surface area (Å²) in [4.78, 5) is 16.5. The van der Waals surface area contributed by atoms with E-state index in [0.29, 0.717) is 32.1 Å². The number of benzene rings is 1. The lowest BCUT2D eigenvalue weighted by Crippen LogP contribution is -2.49. The Hall–Kier alpha value is -2.41. The van der Waals surface area contributed by atoms with Crippen LogP contribution in [0.15, 0.2) is 30.2 Å². The van der Waals surface area contributed by atoms with Crippen LogP contribution in [-0.2, 0) is 20.8 Å². The monoisotopic (exact) mass is 348 g/mol. The number of nitrogens with zero attached hydrogens (tertiary/aromatic N) is 2. The SMILES string of the molecule is COc1ccc(CN2CCN(C(=O)C3=COCCO3)CC2)cc1OC. The van der Waals surface area contributed by atoms with Crippen molar-refractivity contribution in [3.05, 3.63) is 35.8 Å². The van der Waals surface area contributed by atoms with E-state index < -0.39 is 0 Å². The highest BCUT2D eigenvalue weighted by Crippen LogP contribution is 2.28. The summed E-state index contributed by atoms with van der Waals surface area (Å²) in [7, 11) is 3.27. The second kappa shape index (κ2) is 8.11. The first-order valence-corrected chi connectivity index (χ1v) is 8.38. The van der Waals surface area contributed by atoms with E-state index in [1.54, 1.807) is 14.2 Å². The fourth-order valence-corrected chi connectivity index (χ4v) is 2.98. The molecule has 2 heterocycles.